The molecule has 2 N–H and O–H groups in total. The van der Waals surface area contributed by atoms with Crippen molar-refractivity contribution in [2.75, 3.05) is 33.0 Å². The van der Waals surface area contributed by atoms with Crippen LogP contribution in [0.2, 0.25) is 0 Å². The van der Waals surface area contributed by atoms with Crippen molar-refractivity contribution in [1.82, 2.24) is 0 Å². The second kappa shape index (κ2) is 8.77. The Labute approximate surface area is 90.7 Å². The van der Waals surface area contributed by atoms with E-state index in [2.05, 4.69) is 4.74 Å². The van der Waals surface area contributed by atoms with Crippen LogP contribution >= 0.6 is 0 Å². The number of aliphatic carboxylic acids is 1. The molecule has 0 amide bonds. The van der Waals surface area contributed by atoms with Gasteiger partial charge in [0.15, 0.2) is 0 Å². The van der Waals surface area contributed by atoms with E-state index in [0.717, 1.165) is 0 Å². The monoisotopic (exact) mass is 236 g/mol. The van der Waals surface area contributed by atoms with E-state index in [1.165, 1.54) is 0 Å². The third kappa shape index (κ3) is 7.85. The van der Waals surface area contributed by atoms with Gasteiger partial charge in [0.25, 0.3) is 0 Å². The Hall–Kier alpha value is -1.51. The van der Waals surface area contributed by atoms with Crippen LogP contribution in [0.5, 0.6) is 0 Å². The van der Waals surface area contributed by atoms with Gasteiger partial charge in [-0.2, -0.15) is 0 Å². The van der Waals surface area contributed by atoms with Crippen molar-refractivity contribution >= 4 is 17.9 Å². The SMILES string of the molecule is O=C(COCCOCCO)OC(=O)C(=O)O. The minimum Gasteiger partial charge on any atom is -0.473 e. The fourth-order valence-corrected chi connectivity index (χ4v) is 0.616. The van der Waals surface area contributed by atoms with Gasteiger partial charge in [0.05, 0.1) is 26.4 Å². The molecule has 0 aliphatic rings. The van der Waals surface area contributed by atoms with Crippen molar-refractivity contribution in [3.05, 3.63) is 0 Å². The molecule has 0 aromatic heterocycles. The highest BCUT2D eigenvalue weighted by Gasteiger charge is 2.17. The second-order valence-corrected chi connectivity index (χ2v) is 2.46. The van der Waals surface area contributed by atoms with Crippen LogP contribution < -0.4 is 0 Å². The first-order valence-electron chi connectivity index (χ1n) is 4.32. The largest absolute Gasteiger partial charge is 0.473 e. The van der Waals surface area contributed by atoms with Gasteiger partial charge in [-0.15, -0.1) is 0 Å². The molecule has 0 bridgehead atoms. The lowest BCUT2D eigenvalue weighted by Gasteiger charge is -2.03. The van der Waals surface area contributed by atoms with Crippen molar-refractivity contribution in [2.45, 2.75) is 0 Å². The van der Waals surface area contributed by atoms with Crippen LogP contribution in [0.25, 0.3) is 0 Å². The molecule has 0 heterocycles. The average Bonchev–Trinajstić information content (AvgIpc) is 2.23. The zero-order valence-corrected chi connectivity index (χ0v) is 8.38. The standard InChI is InChI=1S/C8H12O8/c9-1-2-14-3-4-15-5-6(10)16-8(13)7(11)12/h9H,1-5H2,(H,11,12). The number of hydrogen-bond acceptors (Lipinski definition) is 7. The Morgan fingerprint density at radius 1 is 1.00 bits per heavy atom. The van der Waals surface area contributed by atoms with Crippen LogP contribution in [0, 0.1) is 0 Å². The van der Waals surface area contributed by atoms with E-state index in [1.54, 1.807) is 0 Å². The van der Waals surface area contributed by atoms with E-state index in [9.17, 15) is 14.4 Å². The van der Waals surface area contributed by atoms with Gasteiger partial charge in [0, 0.05) is 0 Å². The number of esters is 2. The normalized spacial score (nSPS) is 9.81. The highest BCUT2D eigenvalue weighted by molar-refractivity contribution is 6.30. The Kier molecular flexibility index (Phi) is 7.94. The highest BCUT2D eigenvalue weighted by atomic mass is 16.6. The Morgan fingerprint density at radius 2 is 1.62 bits per heavy atom. The lowest BCUT2D eigenvalue weighted by molar-refractivity contribution is -0.172. The molecule has 0 unspecified atom stereocenters. The molecule has 0 aromatic rings. The second-order valence-electron chi connectivity index (χ2n) is 2.46. The number of aliphatic hydroxyl groups excluding tert-OH is 1. The molecule has 0 fully saturated rings. The molecule has 0 radical (unpaired) electrons. The maximum atomic E-state index is 10.7. The van der Waals surface area contributed by atoms with E-state index in [0.29, 0.717) is 0 Å². The number of carboxylic acid groups (broad SMARTS) is 1. The highest BCUT2D eigenvalue weighted by Crippen LogP contribution is 1.85. The predicted molar refractivity (Wildman–Crippen MR) is 47.5 cm³/mol. The maximum absolute atomic E-state index is 10.7. The summed E-state index contributed by atoms with van der Waals surface area (Å²) in [5.74, 6) is -4.58. The summed E-state index contributed by atoms with van der Waals surface area (Å²) in [5.41, 5.74) is 0. The molecular weight excluding hydrogens is 224 g/mol. The average molecular weight is 236 g/mol. The molecule has 8 nitrogen and oxygen atoms in total. The first kappa shape index (κ1) is 14.5. The van der Waals surface area contributed by atoms with Gasteiger partial charge >= 0.3 is 17.9 Å². The molecule has 0 aliphatic carbocycles. The first-order valence-corrected chi connectivity index (χ1v) is 4.32. The maximum Gasteiger partial charge on any atom is 0.424 e. The van der Waals surface area contributed by atoms with Crippen molar-refractivity contribution < 1.29 is 38.8 Å². The van der Waals surface area contributed by atoms with Crippen LogP contribution in [0.1, 0.15) is 0 Å². The minimum absolute atomic E-state index is 0.0658. The molecule has 0 spiro atoms. The summed E-state index contributed by atoms with van der Waals surface area (Å²) in [6.07, 6.45) is 0. The third-order valence-corrected chi connectivity index (χ3v) is 1.21. The number of ether oxygens (including phenoxy) is 3. The molecule has 0 aromatic carbocycles. The van der Waals surface area contributed by atoms with Gasteiger partial charge in [-0.25, -0.2) is 14.4 Å². The van der Waals surface area contributed by atoms with E-state index in [4.69, 9.17) is 19.7 Å². The number of aliphatic hydroxyl groups is 1. The zero-order chi connectivity index (χ0) is 12.4. The smallest absolute Gasteiger partial charge is 0.424 e. The zero-order valence-electron chi connectivity index (χ0n) is 8.38. The van der Waals surface area contributed by atoms with Crippen LogP contribution in [0.4, 0.5) is 0 Å². The van der Waals surface area contributed by atoms with E-state index >= 15 is 0 Å². The fourth-order valence-electron chi connectivity index (χ4n) is 0.616. The Bertz CT molecular complexity index is 248. The summed E-state index contributed by atoms with van der Waals surface area (Å²) in [4.78, 5) is 31.1. The fraction of sp³-hybridized carbons (Fsp3) is 0.625. The number of carbonyl (C=O) groups excluding carboxylic acids is 2. The van der Waals surface area contributed by atoms with E-state index in [1.807, 2.05) is 0 Å². The van der Waals surface area contributed by atoms with Gasteiger partial charge in [-0.3, -0.25) is 0 Å². The van der Waals surface area contributed by atoms with Gasteiger partial charge < -0.3 is 24.4 Å². The molecule has 0 saturated carbocycles. The molecule has 0 atom stereocenters. The van der Waals surface area contributed by atoms with Crippen LogP contribution in [0.15, 0.2) is 0 Å². The number of carboxylic acids is 1. The van der Waals surface area contributed by atoms with Crippen LogP contribution in [0.3, 0.4) is 0 Å². The topological polar surface area (TPSA) is 119 Å². The lowest BCUT2D eigenvalue weighted by Crippen LogP contribution is -2.24. The first-order chi connectivity index (χ1) is 7.57. The van der Waals surface area contributed by atoms with Gasteiger partial charge in [-0.05, 0) is 0 Å². The lowest BCUT2D eigenvalue weighted by atomic mass is 10.6. The summed E-state index contributed by atoms with van der Waals surface area (Å²) < 4.78 is 13.3. The van der Waals surface area contributed by atoms with E-state index in [-0.39, 0.29) is 26.4 Å². The number of hydrogen-bond donors (Lipinski definition) is 2. The third-order valence-electron chi connectivity index (χ3n) is 1.21. The quantitative estimate of drug-likeness (QED) is 0.229. The molecular formula is C8H12O8. The summed E-state index contributed by atoms with van der Waals surface area (Å²) in [7, 11) is 0. The predicted octanol–water partition coefficient (Wildman–Crippen LogP) is -1.83. The minimum atomic E-state index is -1.85. The molecule has 0 aliphatic heterocycles. The van der Waals surface area contributed by atoms with Crippen molar-refractivity contribution in [3.63, 3.8) is 0 Å². The van der Waals surface area contributed by atoms with Crippen molar-refractivity contribution in [2.24, 2.45) is 0 Å². The number of carbonyl (C=O) groups is 3. The summed E-state index contributed by atoms with van der Waals surface area (Å²) >= 11 is 0. The molecule has 0 saturated heterocycles. The van der Waals surface area contributed by atoms with E-state index < -0.39 is 24.5 Å². The van der Waals surface area contributed by atoms with Gasteiger partial charge in [0.2, 0.25) is 0 Å². The molecule has 16 heavy (non-hydrogen) atoms. The summed E-state index contributed by atoms with van der Waals surface area (Å²) in [5, 5.41) is 16.4. The summed E-state index contributed by atoms with van der Waals surface area (Å²) in [6.45, 7) is -0.265. The molecule has 92 valence electrons. The molecule has 8 heteroatoms. The Morgan fingerprint density at radius 3 is 2.19 bits per heavy atom. The van der Waals surface area contributed by atoms with Gasteiger partial charge in [0.1, 0.15) is 6.61 Å². The van der Waals surface area contributed by atoms with Gasteiger partial charge in [-0.1, -0.05) is 0 Å². The number of rotatable bonds is 7. The Balaban J connectivity index is 3.44. The van der Waals surface area contributed by atoms with Crippen molar-refractivity contribution in [1.29, 1.82) is 0 Å². The van der Waals surface area contributed by atoms with Crippen LogP contribution in [-0.4, -0.2) is 61.2 Å². The molecule has 0 rings (SSSR count). The van der Waals surface area contributed by atoms with Crippen molar-refractivity contribution in [3.8, 4) is 0 Å². The van der Waals surface area contributed by atoms with Crippen LogP contribution in [-0.2, 0) is 28.6 Å². The summed E-state index contributed by atoms with van der Waals surface area (Å²) in [6, 6.07) is 0.